The molecule has 0 bridgehead atoms. The number of nitrogens with one attached hydrogen (secondary N) is 2. The molecule has 9 nitrogen and oxygen atoms in total. The quantitative estimate of drug-likeness (QED) is 0.217. The van der Waals surface area contributed by atoms with E-state index in [-0.39, 0.29) is 19.1 Å². The lowest BCUT2D eigenvalue weighted by molar-refractivity contribution is -0.230. The lowest BCUT2D eigenvalue weighted by Crippen LogP contribution is -2.67. The van der Waals surface area contributed by atoms with Crippen LogP contribution in [-0.4, -0.2) is 94.8 Å². The number of unbranched alkanes of at least 4 members (excludes halogenated alkanes) is 1. The molecule has 2 heterocycles. The minimum Gasteiger partial charge on any atom is -0.391 e. The van der Waals surface area contributed by atoms with E-state index in [1.807, 2.05) is 0 Å². The maximum atomic E-state index is 12.9. The van der Waals surface area contributed by atoms with Gasteiger partial charge in [-0.2, -0.15) is 0 Å². The zero-order valence-electron chi connectivity index (χ0n) is 17.6. The molecule has 2 fully saturated rings. The number of carbonyl (C=O) groups excluding carboxylic acids is 1. The van der Waals surface area contributed by atoms with Crippen LogP contribution in [-0.2, 0) is 9.53 Å². The van der Waals surface area contributed by atoms with E-state index in [2.05, 4.69) is 10.6 Å². The molecule has 2 aliphatic rings. The Kier molecular flexibility index (Phi) is 10.3. The summed E-state index contributed by atoms with van der Waals surface area (Å²) in [5, 5.41) is 46.6. The molecule has 0 aromatic heterocycles. The van der Waals surface area contributed by atoms with Gasteiger partial charge in [0.1, 0.15) is 24.4 Å². The van der Waals surface area contributed by atoms with Crippen molar-refractivity contribution in [2.45, 2.75) is 94.2 Å². The highest BCUT2D eigenvalue weighted by Gasteiger charge is 2.47. The van der Waals surface area contributed by atoms with E-state index in [0.29, 0.717) is 25.3 Å². The number of hydrogen-bond acceptors (Lipinski definition) is 8. The molecule has 9 atom stereocenters. The van der Waals surface area contributed by atoms with Gasteiger partial charge in [-0.25, -0.2) is 0 Å². The Morgan fingerprint density at radius 3 is 2.57 bits per heavy atom. The highest BCUT2D eigenvalue weighted by atomic mass is 19.1. The minimum atomic E-state index is -1.50. The molecule has 0 radical (unpaired) electrons. The minimum absolute atomic E-state index is 0.0874. The third-order valence-electron chi connectivity index (χ3n) is 6.28. The van der Waals surface area contributed by atoms with Crippen molar-refractivity contribution in [3.05, 3.63) is 0 Å². The number of amides is 1. The van der Waals surface area contributed by atoms with Crippen molar-refractivity contribution >= 4 is 5.91 Å². The van der Waals surface area contributed by atoms with Crippen molar-refractivity contribution in [2.75, 3.05) is 19.8 Å². The van der Waals surface area contributed by atoms with Gasteiger partial charge in [-0.05, 0) is 45.1 Å². The summed E-state index contributed by atoms with van der Waals surface area (Å²) in [7, 11) is 0. The van der Waals surface area contributed by atoms with Gasteiger partial charge in [0.15, 0.2) is 0 Å². The number of aliphatic hydroxyl groups is 4. The summed E-state index contributed by atoms with van der Waals surface area (Å²) in [6.45, 7) is 1.73. The maximum absolute atomic E-state index is 12.9. The monoisotopic (exact) mass is 435 g/mol. The lowest BCUT2D eigenvalue weighted by atomic mass is 9.89. The van der Waals surface area contributed by atoms with E-state index in [1.54, 1.807) is 0 Å². The fourth-order valence-corrected chi connectivity index (χ4v) is 4.36. The summed E-state index contributed by atoms with van der Waals surface area (Å²) in [6.07, 6.45) is -2.75. The van der Waals surface area contributed by atoms with Crippen LogP contribution in [0.25, 0.3) is 0 Å². The normalized spacial score (nSPS) is 37.2. The van der Waals surface area contributed by atoms with Crippen molar-refractivity contribution in [3.8, 4) is 0 Å². The fraction of sp³-hybridized carbons (Fsp3) is 0.950. The van der Waals surface area contributed by atoms with Crippen LogP contribution in [0, 0.1) is 5.92 Å². The van der Waals surface area contributed by atoms with Gasteiger partial charge in [0.25, 0.3) is 0 Å². The summed E-state index contributed by atoms with van der Waals surface area (Å²) in [4.78, 5) is 12.9. The highest BCUT2D eigenvalue weighted by molar-refractivity contribution is 5.82. The predicted molar refractivity (Wildman–Crippen MR) is 108 cm³/mol. The van der Waals surface area contributed by atoms with E-state index in [4.69, 9.17) is 10.5 Å². The van der Waals surface area contributed by atoms with Crippen molar-refractivity contribution in [2.24, 2.45) is 11.7 Å². The Morgan fingerprint density at radius 1 is 1.20 bits per heavy atom. The van der Waals surface area contributed by atoms with Gasteiger partial charge in [0.2, 0.25) is 5.91 Å². The molecule has 3 unspecified atom stereocenters. The number of carbonyl (C=O) groups is 1. The fourth-order valence-electron chi connectivity index (χ4n) is 4.36. The summed E-state index contributed by atoms with van der Waals surface area (Å²) in [5.41, 5.74) is 5.57. The molecule has 0 aliphatic carbocycles. The molecule has 2 rings (SSSR count). The molecule has 30 heavy (non-hydrogen) atoms. The van der Waals surface area contributed by atoms with Crippen LogP contribution in [0.4, 0.5) is 4.39 Å². The Bertz CT molecular complexity index is 527. The Hall–Kier alpha value is -0.880. The smallest absolute Gasteiger partial charge is 0.237 e. The van der Waals surface area contributed by atoms with E-state index in [0.717, 1.165) is 25.7 Å². The lowest BCUT2D eigenvalue weighted by Gasteiger charge is -2.44. The van der Waals surface area contributed by atoms with E-state index >= 15 is 0 Å². The highest BCUT2D eigenvalue weighted by Crippen LogP contribution is 2.25. The van der Waals surface area contributed by atoms with Gasteiger partial charge < -0.3 is 41.5 Å². The zero-order valence-corrected chi connectivity index (χ0v) is 17.6. The average Bonchev–Trinajstić information content (AvgIpc) is 2.97. The van der Waals surface area contributed by atoms with Gasteiger partial charge in [0.05, 0.1) is 31.0 Å². The van der Waals surface area contributed by atoms with Crippen LogP contribution in [0.3, 0.4) is 0 Å². The molecular formula is C20H38FN3O6. The molecule has 8 N–H and O–H groups in total. The second kappa shape index (κ2) is 12.2. The van der Waals surface area contributed by atoms with Crippen LogP contribution in [0.1, 0.15) is 45.4 Å². The number of ether oxygens (including phenoxy) is 1. The van der Waals surface area contributed by atoms with E-state index < -0.39 is 48.7 Å². The van der Waals surface area contributed by atoms with Crippen LogP contribution in [0.2, 0.25) is 0 Å². The number of hydrogen-bond donors (Lipinski definition) is 7. The van der Waals surface area contributed by atoms with Crippen molar-refractivity contribution < 1.29 is 34.3 Å². The molecule has 2 aliphatic heterocycles. The zero-order chi connectivity index (χ0) is 22.3. The van der Waals surface area contributed by atoms with Gasteiger partial charge >= 0.3 is 0 Å². The van der Waals surface area contributed by atoms with Crippen LogP contribution in [0.15, 0.2) is 0 Å². The molecule has 176 valence electrons. The maximum Gasteiger partial charge on any atom is 0.237 e. The van der Waals surface area contributed by atoms with Gasteiger partial charge in [-0.3, -0.25) is 9.18 Å². The molecule has 10 heteroatoms. The SMILES string of the molecule is C[C@@H](O)[C@@H](NC(=O)[C@@H]1CC[C@H](CCCCF)CCN1)[C@H]1OC(CN)[C@H](O)C(O)C1O. The molecule has 0 aromatic carbocycles. The first-order valence-electron chi connectivity index (χ1n) is 11.0. The number of rotatable bonds is 9. The van der Waals surface area contributed by atoms with Gasteiger partial charge in [-0.1, -0.05) is 12.8 Å². The van der Waals surface area contributed by atoms with Crippen molar-refractivity contribution in [3.63, 3.8) is 0 Å². The first kappa shape index (κ1) is 25.4. The topological polar surface area (TPSA) is 157 Å². The molecule has 2 saturated heterocycles. The Morgan fingerprint density at radius 2 is 1.93 bits per heavy atom. The third kappa shape index (κ3) is 6.56. The largest absolute Gasteiger partial charge is 0.391 e. The molecule has 0 saturated carbocycles. The number of aliphatic hydroxyl groups excluding tert-OH is 4. The summed E-state index contributed by atoms with van der Waals surface area (Å²) in [6, 6.07) is -1.45. The van der Waals surface area contributed by atoms with Crippen molar-refractivity contribution in [1.29, 1.82) is 0 Å². The van der Waals surface area contributed by atoms with Gasteiger partial charge in [0, 0.05) is 6.54 Å². The van der Waals surface area contributed by atoms with E-state index in [1.165, 1.54) is 6.92 Å². The molecule has 0 spiro atoms. The first-order valence-corrected chi connectivity index (χ1v) is 11.0. The average molecular weight is 436 g/mol. The summed E-state index contributed by atoms with van der Waals surface area (Å²) >= 11 is 0. The van der Waals surface area contributed by atoms with E-state index in [9.17, 15) is 29.6 Å². The standard InChI is InChI=1S/C20H38FN3O6/c1-11(25)15(19-18(28)17(27)16(26)14(10-22)30-19)24-20(29)13-6-5-12(7-9-23-13)4-2-3-8-21/h11-19,23,25-28H,2-10,22H2,1H3,(H,24,29)/t11-,12+,13+,14?,15-,16+,17?,18?,19-/m1/s1. The second-order valence-corrected chi connectivity index (χ2v) is 8.55. The summed E-state index contributed by atoms with van der Waals surface area (Å²) < 4.78 is 17.9. The molecule has 1 amide bonds. The number of halogens is 1. The van der Waals surface area contributed by atoms with Crippen LogP contribution in [0.5, 0.6) is 0 Å². The number of alkyl halides is 1. The van der Waals surface area contributed by atoms with Crippen LogP contribution < -0.4 is 16.4 Å². The predicted octanol–water partition coefficient (Wildman–Crippen LogP) is -1.44. The molecule has 0 aromatic rings. The van der Waals surface area contributed by atoms with Gasteiger partial charge in [-0.15, -0.1) is 0 Å². The molecular weight excluding hydrogens is 397 g/mol. The van der Waals surface area contributed by atoms with Crippen LogP contribution >= 0.6 is 0 Å². The Balaban J connectivity index is 1.98. The summed E-state index contributed by atoms with van der Waals surface area (Å²) in [5.74, 6) is 0.117. The van der Waals surface area contributed by atoms with Crippen molar-refractivity contribution in [1.82, 2.24) is 10.6 Å². The first-order chi connectivity index (χ1) is 14.3. The third-order valence-corrected chi connectivity index (χ3v) is 6.28. The Labute approximate surface area is 177 Å². The second-order valence-electron chi connectivity index (χ2n) is 8.55. The number of nitrogens with two attached hydrogens (primary N) is 1.